The van der Waals surface area contributed by atoms with Crippen LogP contribution in [0, 0.1) is 0 Å². The summed E-state index contributed by atoms with van der Waals surface area (Å²) in [6.45, 7) is 3.54. The summed E-state index contributed by atoms with van der Waals surface area (Å²) in [5.41, 5.74) is 2.51. The van der Waals surface area contributed by atoms with E-state index in [4.69, 9.17) is 9.47 Å². The Hall–Kier alpha value is -2.48. The molecule has 4 rings (SSSR count). The molecular formula is C21H20O2. The molecule has 0 bridgehead atoms. The van der Waals surface area contributed by atoms with E-state index < -0.39 is 0 Å². The number of hydrogen-bond acceptors (Lipinski definition) is 2. The molecule has 0 fully saturated rings. The van der Waals surface area contributed by atoms with Crippen molar-refractivity contribution in [1.82, 2.24) is 0 Å². The van der Waals surface area contributed by atoms with Crippen LogP contribution in [0.2, 0.25) is 0 Å². The molecule has 0 saturated heterocycles. The number of hydrogen-bond donors (Lipinski definition) is 0. The van der Waals surface area contributed by atoms with Gasteiger partial charge in [0.25, 0.3) is 0 Å². The van der Waals surface area contributed by atoms with Crippen LogP contribution in [0.5, 0.6) is 11.5 Å². The molecule has 1 atom stereocenters. The highest BCUT2D eigenvalue weighted by atomic mass is 16.5. The van der Waals surface area contributed by atoms with Gasteiger partial charge in [-0.3, -0.25) is 0 Å². The molecule has 0 radical (unpaired) electrons. The molecule has 1 aliphatic heterocycles. The zero-order valence-corrected chi connectivity index (χ0v) is 13.3. The third-order valence-corrected chi connectivity index (χ3v) is 4.44. The maximum atomic E-state index is 5.98. The molecule has 2 heteroatoms. The standard InChI is InChI=1S/C21H20O2/c1-2-13-22-19-11-6-12-20-21(19)18(14-23-20)17-10-5-8-15-7-3-4-9-16(15)17/h3-12,18H,2,13-14H2,1H3. The number of ether oxygens (including phenoxy) is 2. The Morgan fingerprint density at radius 1 is 1.00 bits per heavy atom. The van der Waals surface area contributed by atoms with Crippen molar-refractivity contribution in [2.75, 3.05) is 13.2 Å². The van der Waals surface area contributed by atoms with E-state index in [1.807, 2.05) is 12.1 Å². The van der Waals surface area contributed by atoms with Gasteiger partial charge in [0, 0.05) is 5.56 Å². The minimum atomic E-state index is 0.226. The molecular weight excluding hydrogens is 284 g/mol. The molecule has 1 aliphatic rings. The van der Waals surface area contributed by atoms with E-state index in [1.165, 1.54) is 21.9 Å². The molecule has 0 aliphatic carbocycles. The monoisotopic (exact) mass is 304 g/mol. The van der Waals surface area contributed by atoms with Gasteiger partial charge < -0.3 is 9.47 Å². The molecule has 0 saturated carbocycles. The van der Waals surface area contributed by atoms with Crippen molar-refractivity contribution in [2.24, 2.45) is 0 Å². The largest absolute Gasteiger partial charge is 0.493 e. The minimum absolute atomic E-state index is 0.226. The number of fused-ring (bicyclic) bond motifs is 2. The fourth-order valence-electron chi connectivity index (χ4n) is 3.39. The van der Waals surface area contributed by atoms with Gasteiger partial charge in [0.15, 0.2) is 0 Å². The fraction of sp³-hybridized carbons (Fsp3) is 0.238. The minimum Gasteiger partial charge on any atom is -0.493 e. The third-order valence-electron chi connectivity index (χ3n) is 4.44. The number of rotatable bonds is 4. The smallest absolute Gasteiger partial charge is 0.126 e. The van der Waals surface area contributed by atoms with Crippen LogP contribution in [0.1, 0.15) is 30.4 Å². The van der Waals surface area contributed by atoms with Crippen molar-refractivity contribution >= 4 is 10.8 Å². The van der Waals surface area contributed by atoms with E-state index >= 15 is 0 Å². The van der Waals surface area contributed by atoms with Crippen LogP contribution < -0.4 is 9.47 Å². The van der Waals surface area contributed by atoms with Crippen molar-refractivity contribution < 1.29 is 9.47 Å². The van der Waals surface area contributed by atoms with E-state index in [0.717, 1.165) is 24.5 Å². The molecule has 0 amide bonds. The lowest BCUT2D eigenvalue weighted by atomic mass is 9.89. The Morgan fingerprint density at radius 2 is 1.83 bits per heavy atom. The van der Waals surface area contributed by atoms with Crippen molar-refractivity contribution in [3.8, 4) is 11.5 Å². The second-order valence-corrected chi connectivity index (χ2v) is 5.95. The van der Waals surface area contributed by atoms with Crippen LogP contribution in [0.25, 0.3) is 10.8 Å². The van der Waals surface area contributed by atoms with Crippen molar-refractivity contribution in [2.45, 2.75) is 19.3 Å². The number of benzene rings is 3. The molecule has 116 valence electrons. The van der Waals surface area contributed by atoms with E-state index in [0.29, 0.717) is 6.61 Å². The van der Waals surface area contributed by atoms with E-state index in [9.17, 15) is 0 Å². The van der Waals surface area contributed by atoms with Gasteiger partial charge in [-0.25, -0.2) is 0 Å². The zero-order valence-electron chi connectivity index (χ0n) is 13.3. The predicted octanol–water partition coefficient (Wildman–Crippen LogP) is 5.15. The van der Waals surface area contributed by atoms with E-state index in [2.05, 4.69) is 55.5 Å². The SMILES string of the molecule is CCCOc1cccc2c1C(c1cccc3ccccc13)CO2. The van der Waals surface area contributed by atoms with Gasteiger partial charge in [-0.1, -0.05) is 55.5 Å². The summed E-state index contributed by atoms with van der Waals surface area (Å²) in [7, 11) is 0. The molecule has 0 aromatic heterocycles. The molecule has 0 N–H and O–H groups in total. The topological polar surface area (TPSA) is 18.5 Å². The summed E-state index contributed by atoms with van der Waals surface area (Å²) >= 11 is 0. The Balaban J connectivity index is 1.84. The van der Waals surface area contributed by atoms with Gasteiger partial charge in [0.2, 0.25) is 0 Å². The van der Waals surface area contributed by atoms with Crippen LogP contribution in [0.3, 0.4) is 0 Å². The lowest BCUT2D eigenvalue weighted by Gasteiger charge is -2.16. The fourth-order valence-corrected chi connectivity index (χ4v) is 3.39. The molecule has 1 unspecified atom stereocenters. The predicted molar refractivity (Wildman–Crippen MR) is 93.5 cm³/mol. The molecule has 2 nitrogen and oxygen atoms in total. The third kappa shape index (κ3) is 2.44. The Morgan fingerprint density at radius 3 is 2.74 bits per heavy atom. The Kier molecular flexibility index (Phi) is 3.66. The second kappa shape index (κ2) is 5.96. The van der Waals surface area contributed by atoms with Crippen LogP contribution in [0.15, 0.2) is 60.7 Å². The van der Waals surface area contributed by atoms with Crippen molar-refractivity contribution in [1.29, 1.82) is 0 Å². The maximum absolute atomic E-state index is 5.98. The van der Waals surface area contributed by atoms with Crippen molar-refractivity contribution in [3.63, 3.8) is 0 Å². The second-order valence-electron chi connectivity index (χ2n) is 5.95. The molecule has 0 spiro atoms. The van der Waals surface area contributed by atoms with Gasteiger partial charge in [0.05, 0.1) is 19.1 Å². The Bertz CT molecular complexity index is 833. The first-order chi connectivity index (χ1) is 11.4. The first-order valence-corrected chi connectivity index (χ1v) is 8.24. The molecule has 3 aromatic rings. The van der Waals surface area contributed by atoms with Crippen LogP contribution in [0.4, 0.5) is 0 Å². The van der Waals surface area contributed by atoms with Gasteiger partial charge in [-0.05, 0) is 34.9 Å². The lowest BCUT2D eigenvalue weighted by Crippen LogP contribution is -2.05. The van der Waals surface area contributed by atoms with Gasteiger partial charge >= 0.3 is 0 Å². The van der Waals surface area contributed by atoms with E-state index in [1.54, 1.807) is 0 Å². The lowest BCUT2D eigenvalue weighted by molar-refractivity contribution is 0.314. The van der Waals surface area contributed by atoms with Gasteiger partial charge in [-0.2, -0.15) is 0 Å². The average molecular weight is 304 g/mol. The maximum Gasteiger partial charge on any atom is 0.126 e. The molecule has 1 heterocycles. The highest BCUT2D eigenvalue weighted by Crippen LogP contribution is 2.45. The summed E-state index contributed by atoms with van der Waals surface area (Å²) in [4.78, 5) is 0. The highest BCUT2D eigenvalue weighted by Gasteiger charge is 2.30. The van der Waals surface area contributed by atoms with Gasteiger partial charge in [0.1, 0.15) is 11.5 Å². The first kappa shape index (κ1) is 14.1. The van der Waals surface area contributed by atoms with Crippen LogP contribution in [-0.2, 0) is 0 Å². The molecule has 23 heavy (non-hydrogen) atoms. The van der Waals surface area contributed by atoms with E-state index in [-0.39, 0.29) is 5.92 Å². The zero-order chi connectivity index (χ0) is 15.6. The Labute approximate surface area is 136 Å². The highest BCUT2D eigenvalue weighted by molar-refractivity contribution is 5.87. The van der Waals surface area contributed by atoms with Gasteiger partial charge in [-0.15, -0.1) is 0 Å². The normalized spacial score (nSPS) is 16.1. The van der Waals surface area contributed by atoms with Crippen LogP contribution in [-0.4, -0.2) is 13.2 Å². The average Bonchev–Trinajstić information content (AvgIpc) is 3.04. The van der Waals surface area contributed by atoms with Crippen LogP contribution >= 0.6 is 0 Å². The first-order valence-electron chi connectivity index (χ1n) is 8.24. The quantitative estimate of drug-likeness (QED) is 0.663. The summed E-state index contributed by atoms with van der Waals surface area (Å²) in [5, 5.41) is 2.56. The van der Waals surface area contributed by atoms with Crippen molar-refractivity contribution in [3.05, 3.63) is 71.8 Å². The summed E-state index contributed by atoms with van der Waals surface area (Å²) < 4.78 is 11.9. The summed E-state index contributed by atoms with van der Waals surface area (Å²) in [6.07, 6.45) is 1.00. The summed E-state index contributed by atoms with van der Waals surface area (Å²) in [6, 6.07) is 21.1. The summed E-state index contributed by atoms with van der Waals surface area (Å²) in [5.74, 6) is 2.14. The molecule has 3 aromatic carbocycles.